The number of fused-ring (bicyclic) bond motifs is 1. The highest BCUT2D eigenvalue weighted by molar-refractivity contribution is 7.15. The summed E-state index contributed by atoms with van der Waals surface area (Å²) in [5.74, 6) is 0.00369. The molecule has 29 heavy (non-hydrogen) atoms. The van der Waals surface area contributed by atoms with Crippen LogP contribution >= 0.6 is 11.3 Å². The van der Waals surface area contributed by atoms with Crippen molar-refractivity contribution in [3.8, 4) is 0 Å². The van der Waals surface area contributed by atoms with Crippen molar-refractivity contribution in [2.24, 2.45) is 0 Å². The molecule has 1 fully saturated rings. The molecule has 3 heterocycles. The first-order valence-electron chi connectivity index (χ1n) is 10.3. The van der Waals surface area contributed by atoms with Crippen molar-refractivity contribution in [3.05, 3.63) is 58.9 Å². The minimum atomic E-state index is 0.00369. The molecule has 0 saturated carbocycles. The summed E-state index contributed by atoms with van der Waals surface area (Å²) in [6.07, 6.45) is 4.19. The topological polar surface area (TPSA) is 58.9 Å². The van der Waals surface area contributed by atoms with Crippen LogP contribution in [0.5, 0.6) is 0 Å². The Labute approximate surface area is 175 Å². The van der Waals surface area contributed by atoms with Crippen LogP contribution in [0.1, 0.15) is 42.0 Å². The number of aromatic nitrogens is 2. The molecule has 4 rings (SSSR count). The van der Waals surface area contributed by atoms with E-state index in [1.165, 1.54) is 5.56 Å². The van der Waals surface area contributed by atoms with Crippen molar-refractivity contribution in [3.63, 3.8) is 0 Å². The van der Waals surface area contributed by atoms with E-state index in [2.05, 4.69) is 34.6 Å². The number of amides is 1. The normalized spacial score (nSPS) is 19.7. The largest absolute Gasteiger partial charge is 0.372 e. The Morgan fingerprint density at radius 2 is 2.00 bits per heavy atom. The summed E-state index contributed by atoms with van der Waals surface area (Å²) in [5.41, 5.74) is 2.86. The highest BCUT2D eigenvalue weighted by Gasteiger charge is 2.30. The number of hydrogen-bond donors (Lipinski definition) is 1. The van der Waals surface area contributed by atoms with Gasteiger partial charge in [0.2, 0.25) is 0 Å². The molecule has 0 radical (unpaired) electrons. The van der Waals surface area contributed by atoms with Crippen LogP contribution in [0, 0.1) is 0 Å². The van der Waals surface area contributed by atoms with E-state index in [-0.39, 0.29) is 18.1 Å². The van der Waals surface area contributed by atoms with Crippen molar-refractivity contribution in [2.75, 3.05) is 19.6 Å². The second kappa shape index (κ2) is 9.07. The summed E-state index contributed by atoms with van der Waals surface area (Å²) in [4.78, 5) is 20.6. The fraction of sp³-hybridized carbons (Fsp3) is 0.455. The summed E-state index contributed by atoms with van der Waals surface area (Å²) in [5, 5.41) is 5.51. The number of morpholine rings is 1. The van der Waals surface area contributed by atoms with Crippen molar-refractivity contribution in [1.82, 2.24) is 19.6 Å². The molecule has 3 aromatic rings. The van der Waals surface area contributed by atoms with Gasteiger partial charge < -0.3 is 15.0 Å². The Morgan fingerprint density at radius 3 is 2.76 bits per heavy atom. The van der Waals surface area contributed by atoms with Crippen LogP contribution in [0.3, 0.4) is 0 Å². The average Bonchev–Trinajstić information content (AvgIpc) is 3.29. The molecule has 1 saturated heterocycles. The van der Waals surface area contributed by atoms with Gasteiger partial charge in [0.25, 0.3) is 5.91 Å². The van der Waals surface area contributed by atoms with Crippen LogP contribution in [0.2, 0.25) is 0 Å². The van der Waals surface area contributed by atoms with Crippen LogP contribution in [0.25, 0.3) is 4.96 Å². The van der Waals surface area contributed by atoms with Crippen LogP contribution in [-0.4, -0.2) is 52.0 Å². The summed E-state index contributed by atoms with van der Waals surface area (Å²) < 4.78 is 7.81. The molecular weight excluding hydrogens is 384 g/mol. The van der Waals surface area contributed by atoms with Gasteiger partial charge in [-0.15, -0.1) is 11.3 Å². The minimum Gasteiger partial charge on any atom is -0.372 e. The van der Waals surface area contributed by atoms with Crippen LogP contribution < -0.4 is 5.32 Å². The first kappa shape index (κ1) is 20.1. The number of hydrogen-bond acceptors (Lipinski definition) is 5. The van der Waals surface area contributed by atoms with Gasteiger partial charge in [-0.2, -0.15) is 0 Å². The first-order chi connectivity index (χ1) is 14.1. The molecule has 1 N–H and O–H groups in total. The van der Waals surface area contributed by atoms with Crippen LogP contribution in [0.4, 0.5) is 0 Å². The minimum absolute atomic E-state index is 0.00369. The van der Waals surface area contributed by atoms with E-state index in [0.29, 0.717) is 25.3 Å². The molecule has 1 aromatic carbocycles. The number of aryl methyl sites for hydroxylation is 1. The fourth-order valence-corrected chi connectivity index (χ4v) is 4.67. The molecule has 1 aliphatic heterocycles. The maximum atomic E-state index is 13.2. The second-order valence-electron chi connectivity index (χ2n) is 7.70. The van der Waals surface area contributed by atoms with Gasteiger partial charge in [0, 0.05) is 31.2 Å². The molecular formula is C22H28N4O2S. The van der Waals surface area contributed by atoms with E-state index in [0.717, 1.165) is 30.0 Å². The molecule has 2 atom stereocenters. The zero-order valence-corrected chi connectivity index (χ0v) is 17.8. The fourth-order valence-electron chi connectivity index (χ4n) is 3.94. The van der Waals surface area contributed by atoms with Crippen LogP contribution in [0.15, 0.2) is 41.9 Å². The predicted molar refractivity (Wildman–Crippen MR) is 115 cm³/mol. The lowest BCUT2D eigenvalue weighted by Crippen LogP contribution is -2.48. The van der Waals surface area contributed by atoms with E-state index < -0.39 is 0 Å². The molecule has 154 valence electrons. The molecule has 1 aliphatic rings. The molecule has 6 nitrogen and oxygen atoms in total. The third-order valence-electron chi connectivity index (χ3n) is 5.22. The van der Waals surface area contributed by atoms with E-state index in [1.54, 1.807) is 11.3 Å². The van der Waals surface area contributed by atoms with Crippen LogP contribution in [-0.2, 0) is 17.7 Å². The lowest BCUT2D eigenvalue weighted by Gasteiger charge is -2.35. The maximum absolute atomic E-state index is 13.2. The summed E-state index contributed by atoms with van der Waals surface area (Å²) in [7, 11) is 0. The quantitative estimate of drug-likeness (QED) is 0.605. The first-order valence-corrected chi connectivity index (χ1v) is 11.1. The Morgan fingerprint density at radius 1 is 1.24 bits per heavy atom. The average molecular weight is 413 g/mol. The lowest BCUT2D eigenvalue weighted by atomic mass is 10.1. The van der Waals surface area contributed by atoms with Gasteiger partial charge in [-0.3, -0.25) is 9.20 Å². The molecule has 0 bridgehead atoms. The third-order valence-corrected chi connectivity index (χ3v) is 5.98. The van der Waals surface area contributed by atoms with Gasteiger partial charge in [0.15, 0.2) is 10.7 Å². The van der Waals surface area contributed by atoms with Crippen molar-refractivity contribution in [1.29, 1.82) is 0 Å². The number of benzene rings is 1. The van der Waals surface area contributed by atoms with Crippen molar-refractivity contribution < 1.29 is 9.53 Å². The molecule has 1 amide bonds. The Hall–Kier alpha value is -2.22. The summed E-state index contributed by atoms with van der Waals surface area (Å²) in [6, 6.07) is 10.5. The number of thiazole rings is 1. The Balaban J connectivity index is 1.41. The highest BCUT2D eigenvalue weighted by atomic mass is 32.1. The van der Waals surface area contributed by atoms with E-state index >= 15 is 0 Å². The zero-order valence-electron chi connectivity index (χ0n) is 17.0. The van der Waals surface area contributed by atoms with E-state index in [9.17, 15) is 4.79 Å². The highest BCUT2D eigenvalue weighted by Crippen LogP contribution is 2.21. The Bertz CT molecular complexity index is 942. The zero-order chi connectivity index (χ0) is 20.2. The smallest absolute Gasteiger partial charge is 0.274 e. The van der Waals surface area contributed by atoms with E-state index in [4.69, 9.17) is 4.74 Å². The lowest BCUT2D eigenvalue weighted by molar-refractivity contribution is -0.0587. The third kappa shape index (κ3) is 4.69. The molecule has 0 unspecified atom stereocenters. The molecule has 0 aliphatic carbocycles. The summed E-state index contributed by atoms with van der Waals surface area (Å²) >= 11 is 1.56. The molecule has 0 spiro atoms. The number of ether oxygens (including phenoxy) is 1. The van der Waals surface area contributed by atoms with Crippen molar-refractivity contribution >= 4 is 22.2 Å². The number of imidazole rings is 1. The molecule has 7 heteroatoms. The summed E-state index contributed by atoms with van der Waals surface area (Å²) in [6.45, 7) is 6.76. The number of carbonyl (C=O) groups excluding carboxylic acids is 1. The van der Waals surface area contributed by atoms with Gasteiger partial charge in [0.1, 0.15) is 0 Å². The Kier molecular flexibility index (Phi) is 6.28. The number of nitrogens with zero attached hydrogens (tertiary/aromatic N) is 3. The van der Waals surface area contributed by atoms with Gasteiger partial charge in [0.05, 0.1) is 17.9 Å². The second-order valence-corrected chi connectivity index (χ2v) is 8.57. The number of carbonyl (C=O) groups is 1. The van der Waals surface area contributed by atoms with Crippen molar-refractivity contribution in [2.45, 2.75) is 45.4 Å². The number of nitrogens with one attached hydrogen (secondary N) is 1. The predicted octanol–water partition coefficient (Wildman–Crippen LogP) is 3.37. The van der Waals surface area contributed by atoms with Gasteiger partial charge in [-0.1, -0.05) is 30.3 Å². The SMILES string of the molecule is C[C@@H]1CN(C(=O)c2nc3sccn3c2CNCCCc2ccccc2)C[C@H](C)O1. The standard InChI is InChI=1S/C22H28N4O2S/c1-16-14-25(15-17(2)28-16)21(27)20-19(26-11-12-29-22(26)24-20)13-23-10-6-9-18-7-4-3-5-8-18/h3-5,7-8,11-12,16-17,23H,6,9-10,13-15H2,1-2H3/t16-,17+. The molecule has 2 aromatic heterocycles. The van der Waals surface area contributed by atoms with E-state index in [1.807, 2.05) is 40.8 Å². The number of rotatable bonds is 7. The monoisotopic (exact) mass is 412 g/mol. The van der Waals surface area contributed by atoms with Gasteiger partial charge in [-0.05, 0) is 38.8 Å². The maximum Gasteiger partial charge on any atom is 0.274 e. The van der Waals surface area contributed by atoms with Gasteiger partial charge in [-0.25, -0.2) is 4.98 Å². The van der Waals surface area contributed by atoms with Gasteiger partial charge >= 0.3 is 0 Å².